The summed E-state index contributed by atoms with van der Waals surface area (Å²) in [4.78, 5) is 11.2. The molecule has 0 saturated heterocycles. The van der Waals surface area contributed by atoms with E-state index in [1.807, 2.05) is 45.0 Å². The Morgan fingerprint density at radius 1 is 1.31 bits per heavy atom. The SMILES string of the molecule is CCCC(=O)N/N=C(\C)c1ccc(C)cc1. The standard InChI is InChI=1S/C13H18N2O/c1-4-5-13(16)15-14-11(3)12-8-6-10(2)7-9-12/h6-9H,4-5H2,1-3H3,(H,15,16)/b14-11+. The van der Waals surface area contributed by atoms with Crippen molar-refractivity contribution in [2.45, 2.75) is 33.6 Å². The van der Waals surface area contributed by atoms with Crippen molar-refractivity contribution >= 4 is 11.6 Å². The summed E-state index contributed by atoms with van der Waals surface area (Å²) < 4.78 is 0. The first-order chi connectivity index (χ1) is 7.63. The number of hydrogen-bond acceptors (Lipinski definition) is 2. The third-order valence-corrected chi connectivity index (χ3v) is 2.29. The smallest absolute Gasteiger partial charge is 0.240 e. The minimum absolute atomic E-state index is 0.0334. The first kappa shape index (κ1) is 12.4. The van der Waals surface area contributed by atoms with Crippen molar-refractivity contribution in [3.8, 4) is 0 Å². The summed E-state index contributed by atoms with van der Waals surface area (Å²) in [5.74, 6) is -0.0334. The molecule has 0 aromatic heterocycles. The molecule has 0 unspecified atom stereocenters. The van der Waals surface area contributed by atoms with Crippen molar-refractivity contribution in [3.05, 3.63) is 35.4 Å². The molecule has 0 bridgehead atoms. The summed E-state index contributed by atoms with van der Waals surface area (Å²) in [7, 11) is 0. The normalized spacial score (nSPS) is 11.3. The topological polar surface area (TPSA) is 41.5 Å². The Kier molecular flexibility index (Phi) is 4.70. The second kappa shape index (κ2) is 6.05. The van der Waals surface area contributed by atoms with Gasteiger partial charge in [-0.2, -0.15) is 5.10 Å². The molecular weight excluding hydrogens is 200 g/mol. The van der Waals surface area contributed by atoms with Gasteiger partial charge in [-0.15, -0.1) is 0 Å². The van der Waals surface area contributed by atoms with E-state index in [-0.39, 0.29) is 5.91 Å². The molecule has 86 valence electrons. The van der Waals surface area contributed by atoms with E-state index >= 15 is 0 Å². The van der Waals surface area contributed by atoms with E-state index < -0.39 is 0 Å². The van der Waals surface area contributed by atoms with Crippen LogP contribution in [0.4, 0.5) is 0 Å². The lowest BCUT2D eigenvalue weighted by atomic mass is 10.1. The molecule has 0 aliphatic carbocycles. The zero-order valence-electron chi connectivity index (χ0n) is 10.1. The van der Waals surface area contributed by atoms with Crippen LogP contribution >= 0.6 is 0 Å². The van der Waals surface area contributed by atoms with Crippen LogP contribution in [0.5, 0.6) is 0 Å². The molecule has 0 spiro atoms. The van der Waals surface area contributed by atoms with Crippen LogP contribution in [0.3, 0.4) is 0 Å². The van der Waals surface area contributed by atoms with Crippen LogP contribution in [0.15, 0.2) is 29.4 Å². The molecular formula is C13H18N2O. The van der Waals surface area contributed by atoms with Gasteiger partial charge in [0.2, 0.25) is 5.91 Å². The van der Waals surface area contributed by atoms with E-state index in [2.05, 4.69) is 10.5 Å². The van der Waals surface area contributed by atoms with Gasteiger partial charge in [0, 0.05) is 6.42 Å². The van der Waals surface area contributed by atoms with Gasteiger partial charge < -0.3 is 0 Å². The molecule has 0 atom stereocenters. The predicted molar refractivity (Wildman–Crippen MR) is 66.4 cm³/mol. The van der Waals surface area contributed by atoms with Crippen LogP contribution in [0.2, 0.25) is 0 Å². The van der Waals surface area contributed by atoms with Crippen LogP contribution in [0, 0.1) is 6.92 Å². The molecule has 16 heavy (non-hydrogen) atoms. The van der Waals surface area contributed by atoms with Crippen LogP contribution in [0.1, 0.15) is 37.8 Å². The third kappa shape index (κ3) is 3.85. The number of benzene rings is 1. The summed E-state index contributed by atoms with van der Waals surface area (Å²) in [5.41, 5.74) is 5.61. The number of rotatable bonds is 4. The number of hydrogen-bond donors (Lipinski definition) is 1. The van der Waals surface area contributed by atoms with E-state index in [0.29, 0.717) is 6.42 Å². The summed E-state index contributed by atoms with van der Waals surface area (Å²) in [5, 5.41) is 4.06. The maximum atomic E-state index is 11.2. The fraction of sp³-hybridized carbons (Fsp3) is 0.385. The van der Waals surface area contributed by atoms with Gasteiger partial charge in [-0.1, -0.05) is 36.8 Å². The van der Waals surface area contributed by atoms with Gasteiger partial charge in [-0.25, -0.2) is 5.43 Å². The predicted octanol–water partition coefficient (Wildman–Crippen LogP) is 2.64. The Balaban J connectivity index is 2.63. The lowest BCUT2D eigenvalue weighted by Gasteiger charge is -2.02. The van der Waals surface area contributed by atoms with E-state index in [1.165, 1.54) is 5.56 Å². The molecule has 0 saturated carbocycles. The summed E-state index contributed by atoms with van der Waals surface area (Å²) >= 11 is 0. The van der Waals surface area contributed by atoms with E-state index in [0.717, 1.165) is 17.7 Å². The Morgan fingerprint density at radius 3 is 2.50 bits per heavy atom. The number of nitrogens with one attached hydrogen (secondary N) is 1. The van der Waals surface area contributed by atoms with Crippen LogP contribution < -0.4 is 5.43 Å². The van der Waals surface area contributed by atoms with Gasteiger partial charge in [0.1, 0.15) is 0 Å². The van der Waals surface area contributed by atoms with Gasteiger partial charge in [0.15, 0.2) is 0 Å². The summed E-state index contributed by atoms with van der Waals surface area (Å²) in [6.07, 6.45) is 1.36. The van der Waals surface area contributed by atoms with Crippen molar-refractivity contribution in [2.75, 3.05) is 0 Å². The van der Waals surface area contributed by atoms with Gasteiger partial charge in [-0.3, -0.25) is 4.79 Å². The minimum atomic E-state index is -0.0334. The fourth-order valence-electron chi connectivity index (χ4n) is 1.29. The molecule has 1 N–H and O–H groups in total. The highest BCUT2D eigenvalue weighted by Crippen LogP contribution is 2.04. The van der Waals surface area contributed by atoms with Crippen LogP contribution in [0.25, 0.3) is 0 Å². The number of aryl methyl sites for hydroxylation is 1. The van der Waals surface area contributed by atoms with Crippen molar-refractivity contribution < 1.29 is 4.79 Å². The zero-order chi connectivity index (χ0) is 12.0. The molecule has 3 heteroatoms. The third-order valence-electron chi connectivity index (χ3n) is 2.29. The molecule has 1 aromatic rings. The average molecular weight is 218 g/mol. The minimum Gasteiger partial charge on any atom is -0.273 e. The Hall–Kier alpha value is -1.64. The Labute approximate surface area is 96.6 Å². The van der Waals surface area contributed by atoms with E-state index in [1.54, 1.807) is 0 Å². The average Bonchev–Trinajstić information content (AvgIpc) is 2.27. The lowest BCUT2D eigenvalue weighted by molar-refractivity contribution is -0.121. The molecule has 0 radical (unpaired) electrons. The van der Waals surface area contributed by atoms with Gasteiger partial charge >= 0.3 is 0 Å². The van der Waals surface area contributed by atoms with Crippen LogP contribution in [-0.4, -0.2) is 11.6 Å². The first-order valence-electron chi connectivity index (χ1n) is 5.53. The largest absolute Gasteiger partial charge is 0.273 e. The molecule has 0 aliphatic rings. The van der Waals surface area contributed by atoms with Gasteiger partial charge in [0.05, 0.1) is 5.71 Å². The highest BCUT2D eigenvalue weighted by Gasteiger charge is 1.99. The number of nitrogens with zero attached hydrogens (tertiary/aromatic N) is 1. The van der Waals surface area contributed by atoms with E-state index in [9.17, 15) is 4.79 Å². The fourth-order valence-corrected chi connectivity index (χ4v) is 1.29. The molecule has 1 aromatic carbocycles. The molecule has 1 amide bonds. The Morgan fingerprint density at radius 2 is 1.94 bits per heavy atom. The quantitative estimate of drug-likeness (QED) is 0.612. The molecule has 0 aliphatic heterocycles. The lowest BCUT2D eigenvalue weighted by Crippen LogP contribution is -2.18. The molecule has 1 rings (SSSR count). The van der Waals surface area contributed by atoms with Gasteiger partial charge in [0.25, 0.3) is 0 Å². The maximum absolute atomic E-state index is 11.2. The summed E-state index contributed by atoms with van der Waals surface area (Å²) in [6, 6.07) is 8.06. The molecule has 3 nitrogen and oxygen atoms in total. The Bertz CT molecular complexity index is 379. The highest BCUT2D eigenvalue weighted by molar-refractivity contribution is 5.99. The van der Waals surface area contributed by atoms with Crippen molar-refractivity contribution in [3.63, 3.8) is 0 Å². The van der Waals surface area contributed by atoms with Crippen molar-refractivity contribution in [1.29, 1.82) is 0 Å². The molecule has 0 heterocycles. The van der Waals surface area contributed by atoms with E-state index in [4.69, 9.17) is 0 Å². The summed E-state index contributed by atoms with van der Waals surface area (Å²) in [6.45, 7) is 5.90. The highest BCUT2D eigenvalue weighted by atomic mass is 16.2. The van der Waals surface area contributed by atoms with Crippen LogP contribution in [-0.2, 0) is 4.79 Å². The second-order valence-electron chi connectivity index (χ2n) is 3.85. The van der Waals surface area contributed by atoms with Crippen molar-refractivity contribution in [2.24, 2.45) is 5.10 Å². The zero-order valence-corrected chi connectivity index (χ0v) is 10.1. The number of carbonyl (C=O) groups excluding carboxylic acids is 1. The maximum Gasteiger partial charge on any atom is 0.240 e. The first-order valence-corrected chi connectivity index (χ1v) is 5.53. The number of carbonyl (C=O) groups is 1. The van der Waals surface area contributed by atoms with Gasteiger partial charge in [-0.05, 0) is 25.8 Å². The van der Waals surface area contributed by atoms with Crippen molar-refractivity contribution in [1.82, 2.24) is 5.43 Å². The monoisotopic (exact) mass is 218 g/mol. The number of hydrazone groups is 1. The number of amides is 1. The molecule has 0 fully saturated rings. The second-order valence-corrected chi connectivity index (χ2v) is 3.85.